The first kappa shape index (κ1) is 14.4. The van der Waals surface area contributed by atoms with E-state index in [1.807, 2.05) is 13.0 Å². The molecular weight excluding hydrogens is 230 g/mol. The number of carboxylic acids is 1. The van der Waals surface area contributed by atoms with E-state index in [-0.39, 0.29) is 11.8 Å². The monoisotopic (exact) mass is 251 g/mol. The van der Waals surface area contributed by atoms with Crippen LogP contribution in [-0.4, -0.2) is 27.6 Å². The van der Waals surface area contributed by atoms with Gasteiger partial charge < -0.3 is 10.4 Å². The van der Waals surface area contributed by atoms with Crippen molar-refractivity contribution in [3.8, 4) is 0 Å². The third-order valence-electron chi connectivity index (χ3n) is 2.90. The first-order valence-corrected chi connectivity index (χ1v) is 6.14. The van der Waals surface area contributed by atoms with Crippen molar-refractivity contribution in [2.45, 2.75) is 40.0 Å². The average molecular weight is 251 g/mol. The van der Waals surface area contributed by atoms with Gasteiger partial charge in [0.1, 0.15) is 11.6 Å². The van der Waals surface area contributed by atoms with Gasteiger partial charge in [-0.2, -0.15) is 0 Å². The molecule has 100 valence electrons. The summed E-state index contributed by atoms with van der Waals surface area (Å²) in [7, 11) is 0. The molecular formula is C13H21N3O2. The predicted molar refractivity (Wildman–Crippen MR) is 70.5 cm³/mol. The van der Waals surface area contributed by atoms with Crippen molar-refractivity contribution in [2.24, 2.45) is 5.41 Å². The smallest absolute Gasteiger partial charge is 0.303 e. The van der Waals surface area contributed by atoms with Crippen molar-refractivity contribution >= 4 is 11.8 Å². The molecule has 0 aliphatic rings. The molecule has 0 amide bonds. The van der Waals surface area contributed by atoms with E-state index in [2.05, 4.69) is 29.1 Å². The molecule has 2 N–H and O–H groups in total. The van der Waals surface area contributed by atoms with Crippen molar-refractivity contribution in [3.63, 3.8) is 0 Å². The zero-order valence-corrected chi connectivity index (χ0v) is 11.2. The molecule has 0 aliphatic carbocycles. The van der Waals surface area contributed by atoms with Crippen LogP contribution in [0.15, 0.2) is 12.3 Å². The molecule has 0 bridgehead atoms. The molecule has 18 heavy (non-hydrogen) atoms. The van der Waals surface area contributed by atoms with Gasteiger partial charge in [-0.1, -0.05) is 13.8 Å². The SMILES string of the molecule is Cc1nccc(NCCC(C)(C)CCC(=O)O)n1. The van der Waals surface area contributed by atoms with Gasteiger partial charge in [-0.3, -0.25) is 4.79 Å². The zero-order valence-electron chi connectivity index (χ0n) is 11.2. The van der Waals surface area contributed by atoms with E-state index in [9.17, 15) is 4.79 Å². The molecule has 0 fully saturated rings. The van der Waals surface area contributed by atoms with E-state index in [1.54, 1.807) is 6.20 Å². The van der Waals surface area contributed by atoms with E-state index in [0.29, 0.717) is 6.42 Å². The maximum atomic E-state index is 10.5. The normalized spacial score (nSPS) is 11.3. The minimum Gasteiger partial charge on any atom is -0.481 e. The Morgan fingerprint density at radius 1 is 1.44 bits per heavy atom. The lowest BCUT2D eigenvalue weighted by Crippen LogP contribution is -2.18. The molecule has 1 heterocycles. The van der Waals surface area contributed by atoms with Crippen LogP contribution in [0.25, 0.3) is 0 Å². The summed E-state index contributed by atoms with van der Waals surface area (Å²) in [6, 6.07) is 1.83. The molecule has 0 radical (unpaired) electrons. The topological polar surface area (TPSA) is 75.1 Å². The Kier molecular flexibility index (Phi) is 5.07. The van der Waals surface area contributed by atoms with Crippen LogP contribution in [0.3, 0.4) is 0 Å². The number of carbonyl (C=O) groups is 1. The predicted octanol–water partition coefficient (Wildman–Crippen LogP) is 2.48. The summed E-state index contributed by atoms with van der Waals surface area (Å²) in [6.45, 7) is 6.80. The van der Waals surface area contributed by atoms with Crippen LogP contribution in [0.5, 0.6) is 0 Å². The summed E-state index contributed by atoms with van der Waals surface area (Å²) in [6.07, 6.45) is 3.54. The van der Waals surface area contributed by atoms with Gasteiger partial charge in [-0.05, 0) is 31.2 Å². The lowest BCUT2D eigenvalue weighted by Gasteiger charge is -2.23. The van der Waals surface area contributed by atoms with Gasteiger partial charge >= 0.3 is 5.97 Å². The lowest BCUT2D eigenvalue weighted by molar-refractivity contribution is -0.137. The Hall–Kier alpha value is -1.65. The van der Waals surface area contributed by atoms with Gasteiger partial charge in [-0.25, -0.2) is 9.97 Å². The number of nitrogens with one attached hydrogen (secondary N) is 1. The highest BCUT2D eigenvalue weighted by Crippen LogP contribution is 2.26. The summed E-state index contributed by atoms with van der Waals surface area (Å²) in [4.78, 5) is 18.8. The summed E-state index contributed by atoms with van der Waals surface area (Å²) in [5.74, 6) is 0.823. The quantitative estimate of drug-likeness (QED) is 0.778. The van der Waals surface area contributed by atoms with E-state index in [0.717, 1.165) is 24.6 Å². The highest BCUT2D eigenvalue weighted by Gasteiger charge is 2.18. The van der Waals surface area contributed by atoms with E-state index in [1.165, 1.54) is 0 Å². The molecule has 1 aromatic heterocycles. The van der Waals surface area contributed by atoms with Crippen LogP contribution < -0.4 is 5.32 Å². The fourth-order valence-corrected chi connectivity index (χ4v) is 1.65. The second-order valence-electron chi connectivity index (χ2n) is 5.22. The molecule has 0 saturated heterocycles. The fourth-order valence-electron chi connectivity index (χ4n) is 1.65. The largest absolute Gasteiger partial charge is 0.481 e. The van der Waals surface area contributed by atoms with Gasteiger partial charge in [0.25, 0.3) is 0 Å². The van der Waals surface area contributed by atoms with Gasteiger partial charge in [-0.15, -0.1) is 0 Å². The van der Waals surface area contributed by atoms with Crippen LogP contribution >= 0.6 is 0 Å². The Morgan fingerprint density at radius 3 is 2.78 bits per heavy atom. The number of nitrogens with zero attached hydrogens (tertiary/aromatic N) is 2. The molecule has 1 aromatic rings. The fraction of sp³-hybridized carbons (Fsp3) is 0.615. The van der Waals surface area contributed by atoms with Gasteiger partial charge in [0.15, 0.2) is 0 Å². The molecule has 0 saturated carbocycles. The Labute approximate surface area is 108 Å². The number of anilines is 1. The van der Waals surface area contributed by atoms with E-state index < -0.39 is 5.97 Å². The minimum absolute atomic E-state index is 0.0213. The van der Waals surface area contributed by atoms with Crippen LogP contribution in [0.4, 0.5) is 5.82 Å². The number of aromatic nitrogens is 2. The zero-order chi connectivity index (χ0) is 13.6. The molecule has 0 spiro atoms. The standard InChI is InChI=1S/C13H21N3O2/c1-10-14-8-5-11(16-10)15-9-7-13(2,3)6-4-12(17)18/h5,8H,4,6-7,9H2,1-3H3,(H,17,18)(H,14,15,16). The van der Waals surface area contributed by atoms with Crippen molar-refractivity contribution < 1.29 is 9.90 Å². The molecule has 1 rings (SSSR count). The van der Waals surface area contributed by atoms with Crippen LogP contribution in [-0.2, 0) is 4.79 Å². The number of hydrogen-bond donors (Lipinski definition) is 2. The summed E-state index contributed by atoms with van der Waals surface area (Å²) in [5, 5.41) is 11.9. The Bertz CT molecular complexity index is 405. The Morgan fingerprint density at radius 2 is 2.17 bits per heavy atom. The summed E-state index contributed by atoms with van der Waals surface area (Å²) < 4.78 is 0. The van der Waals surface area contributed by atoms with Crippen molar-refractivity contribution in [1.29, 1.82) is 0 Å². The van der Waals surface area contributed by atoms with E-state index >= 15 is 0 Å². The van der Waals surface area contributed by atoms with Crippen molar-refractivity contribution in [3.05, 3.63) is 18.1 Å². The summed E-state index contributed by atoms with van der Waals surface area (Å²) in [5.41, 5.74) is 0.0213. The number of rotatable bonds is 7. The van der Waals surface area contributed by atoms with Gasteiger partial charge in [0.05, 0.1) is 0 Å². The number of aryl methyl sites for hydroxylation is 1. The molecule has 5 heteroatoms. The first-order valence-electron chi connectivity index (χ1n) is 6.14. The maximum Gasteiger partial charge on any atom is 0.303 e. The average Bonchev–Trinajstić information content (AvgIpc) is 2.26. The molecule has 0 unspecified atom stereocenters. The first-order chi connectivity index (χ1) is 8.39. The van der Waals surface area contributed by atoms with Crippen molar-refractivity contribution in [1.82, 2.24) is 9.97 Å². The van der Waals surface area contributed by atoms with Crippen LogP contribution in [0.1, 0.15) is 38.9 Å². The number of aliphatic carboxylic acids is 1. The van der Waals surface area contributed by atoms with Crippen molar-refractivity contribution in [2.75, 3.05) is 11.9 Å². The number of hydrogen-bond acceptors (Lipinski definition) is 4. The molecule has 5 nitrogen and oxygen atoms in total. The summed E-state index contributed by atoms with van der Waals surface area (Å²) >= 11 is 0. The maximum absolute atomic E-state index is 10.5. The molecule has 0 aromatic carbocycles. The minimum atomic E-state index is -0.734. The number of carboxylic acid groups (broad SMARTS) is 1. The third-order valence-corrected chi connectivity index (χ3v) is 2.90. The third kappa shape index (κ3) is 5.61. The highest BCUT2D eigenvalue weighted by molar-refractivity contribution is 5.66. The highest BCUT2D eigenvalue weighted by atomic mass is 16.4. The lowest BCUT2D eigenvalue weighted by atomic mass is 9.84. The van der Waals surface area contributed by atoms with Gasteiger partial charge in [0, 0.05) is 19.2 Å². The second kappa shape index (κ2) is 6.33. The van der Waals surface area contributed by atoms with Crippen LogP contribution in [0, 0.1) is 12.3 Å². The molecule has 0 atom stereocenters. The van der Waals surface area contributed by atoms with Crippen LogP contribution in [0.2, 0.25) is 0 Å². The van der Waals surface area contributed by atoms with Gasteiger partial charge in [0.2, 0.25) is 0 Å². The second-order valence-corrected chi connectivity index (χ2v) is 5.22. The Balaban J connectivity index is 2.34. The molecule has 0 aliphatic heterocycles. The van der Waals surface area contributed by atoms with E-state index in [4.69, 9.17) is 5.11 Å².